The van der Waals surface area contributed by atoms with Gasteiger partial charge < -0.3 is 5.32 Å². The highest BCUT2D eigenvalue weighted by molar-refractivity contribution is 6.30. The van der Waals surface area contributed by atoms with Crippen molar-refractivity contribution in [1.29, 1.82) is 0 Å². The van der Waals surface area contributed by atoms with Crippen molar-refractivity contribution in [2.24, 2.45) is 11.8 Å². The van der Waals surface area contributed by atoms with Crippen molar-refractivity contribution in [1.82, 2.24) is 5.32 Å². The lowest BCUT2D eigenvalue weighted by atomic mass is 9.88. The van der Waals surface area contributed by atoms with Crippen molar-refractivity contribution in [3.05, 3.63) is 34.9 Å². The summed E-state index contributed by atoms with van der Waals surface area (Å²) in [6.07, 6.45) is 9.53. The van der Waals surface area contributed by atoms with Crippen LogP contribution in [0.4, 0.5) is 0 Å². The Kier molecular flexibility index (Phi) is 6.89. The molecule has 0 aromatic heterocycles. The fourth-order valence-corrected chi connectivity index (χ4v) is 3.65. The lowest BCUT2D eigenvalue weighted by Gasteiger charge is -2.21. The molecule has 1 aliphatic rings. The van der Waals surface area contributed by atoms with E-state index >= 15 is 0 Å². The van der Waals surface area contributed by atoms with Gasteiger partial charge in [0.1, 0.15) is 0 Å². The Hall–Kier alpha value is -0.530. The number of halogens is 1. The summed E-state index contributed by atoms with van der Waals surface area (Å²) in [7, 11) is 0. The van der Waals surface area contributed by atoms with Gasteiger partial charge in [-0.15, -0.1) is 0 Å². The van der Waals surface area contributed by atoms with Gasteiger partial charge in [0.2, 0.25) is 0 Å². The number of benzene rings is 1. The Bertz CT molecular complexity index is 385. The average Bonchev–Trinajstić information content (AvgIpc) is 2.92. The van der Waals surface area contributed by atoms with E-state index in [-0.39, 0.29) is 0 Å². The van der Waals surface area contributed by atoms with E-state index in [1.807, 2.05) is 6.07 Å². The van der Waals surface area contributed by atoms with Gasteiger partial charge in [0.15, 0.2) is 0 Å². The molecule has 2 rings (SSSR count). The van der Waals surface area contributed by atoms with Gasteiger partial charge in [-0.1, -0.05) is 56.3 Å². The molecule has 0 bridgehead atoms. The first-order valence-electron chi connectivity index (χ1n) is 8.23. The smallest absolute Gasteiger partial charge is 0.0408 e. The van der Waals surface area contributed by atoms with Crippen molar-refractivity contribution in [3.63, 3.8) is 0 Å². The van der Waals surface area contributed by atoms with Crippen LogP contribution in [0, 0.1) is 11.8 Å². The van der Waals surface area contributed by atoms with E-state index in [0.717, 1.165) is 36.4 Å². The molecule has 0 amide bonds. The first-order valence-corrected chi connectivity index (χ1v) is 8.61. The molecule has 0 radical (unpaired) electrons. The highest BCUT2D eigenvalue weighted by Crippen LogP contribution is 2.31. The topological polar surface area (TPSA) is 12.0 Å². The molecule has 112 valence electrons. The largest absolute Gasteiger partial charge is 0.316 e. The second kappa shape index (κ2) is 8.69. The van der Waals surface area contributed by atoms with Crippen LogP contribution in [-0.4, -0.2) is 13.1 Å². The van der Waals surface area contributed by atoms with Gasteiger partial charge in [-0.25, -0.2) is 0 Å². The second-order valence-electron chi connectivity index (χ2n) is 6.29. The van der Waals surface area contributed by atoms with E-state index < -0.39 is 0 Å². The number of rotatable bonds is 8. The van der Waals surface area contributed by atoms with Gasteiger partial charge in [0, 0.05) is 5.02 Å². The first-order chi connectivity index (χ1) is 9.78. The molecule has 0 heterocycles. The van der Waals surface area contributed by atoms with Crippen LogP contribution in [0.5, 0.6) is 0 Å². The molecule has 0 spiro atoms. The molecule has 1 fully saturated rings. The van der Waals surface area contributed by atoms with Crippen LogP contribution < -0.4 is 5.32 Å². The quantitative estimate of drug-likeness (QED) is 0.659. The number of hydrogen-bond acceptors (Lipinski definition) is 1. The average molecular weight is 294 g/mol. The van der Waals surface area contributed by atoms with Crippen LogP contribution >= 0.6 is 11.6 Å². The lowest BCUT2D eigenvalue weighted by Crippen LogP contribution is -2.26. The van der Waals surface area contributed by atoms with Gasteiger partial charge in [-0.2, -0.15) is 0 Å². The highest BCUT2D eigenvalue weighted by Gasteiger charge is 2.20. The third-order valence-corrected chi connectivity index (χ3v) is 4.65. The summed E-state index contributed by atoms with van der Waals surface area (Å²) < 4.78 is 0. The van der Waals surface area contributed by atoms with Crippen molar-refractivity contribution in [2.45, 2.75) is 51.9 Å². The maximum atomic E-state index is 6.11. The predicted octanol–water partition coefficient (Wildman–Crippen LogP) is 5.08. The van der Waals surface area contributed by atoms with E-state index in [0.29, 0.717) is 0 Å². The van der Waals surface area contributed by atoms with E-state index in [1.165, 1.54) is 44.1 Å². The van der Waals surface area contributed by atoms with Crippen LogP contribution in [0.2, 0.25) is 5.02 Å². The summed E-state index contributed by atoms with van der Waals surface area (Å²) in [4.78, 5) is 0. The monoisotopic (exact) mass is 293 g/mol. The predicted molar refractivity (Wildman–Crippen MR) is 88.4 cm³/mol. The minimum absolute atomic E-state index is 0.753. The van der Waals surface area contributed by atoms with Crippen LogP contribution in [0.15, 0.2) is 24.3 Å². The zero-order chi connectivity index (χ0) is 14.2. The minimum Gasteiger partial charge on any atom is -0.316 e. The van der Waals surface area contributed by atoms with E-state index in [1.54, 1.807) is 0 Å². The van der Waals surface area contributed by atoms with E-state index in [4.69, 9.17) is 11.6 Å². The Morgan fingerprint density at radius 1 is 1.30 bits per heavy atom. The number of hydrogen-bond donors (Lipinski definition) is 1. The minimum atomic E-state index is 0.753. The molecule has 1 nitrogen and oxygen atoms in total. The zero-order valence-corrected chi connectivity index (χ0v) is 13.5. The highest BCUT2D eigenvalue weighted by atomic mass is 35.5. The third-order valence-electron chi connectivity index (χ3n) is 4.41. The van der Waals surface area contributed by atoms with Gasteiger partial charge >= 0.3 is 0 Å². The van der Waals surface area contributed by atoms with Gasteiger partial charge in [0.05, 0.1) is 0 Å². The van der Waals surface area contributed by atoms with Crippen molar-refractivity contribution in [3.8, 4) is 0 Å². The molecular weight excluding hydrogens is 266 g/mol. The Labute approximate surface area is 129 Å². The molecule has 1 aromatic carbocycles. The third kappa shape index (κ3) is 5.46. The molecule has 2 heteroatoms. The fourth-order valence-electron chi connectivity index (χ4n) is 3.44. The summed E-state index contributed by atoms with van der Waals surface area (Å²) >= 11 is 6.11. The van der Waals surface area contributed by atoms with E-state index in [9.17, 15) is 0 Å². The summed E-state index contributed by atoms with van der Waals surface area (Å²) in [5.41, 5.74) is 1.39. The zero-order valence-electron chi connectivity index (χ0n) is 12.7. The molecular formula is C18H28ClN. The second-order valence-corrected chi connectivity index (χ2v) is 6.73. The number of nitrogens with one attached hydrogen (secondary N) is 1. The maximum absolute atomic E-state index is 6.11. The molecule has 1 aromatic rings. The van der Waals surface area contributed by atoms with Crippen LogP contribution in [0.1, 0.15) is 51.0 Å². The molecule has 20 heavy (non-hydrogen) atoms. The van der Waals surface area contributed by atoms with Crippen LogP contribution in [0.25, 0.3) is 0 Å². The lowest BCUT2D eigenvalue weighted by molar-refractivity contribution is 0.357. The molecule has 1 atom stereocenters. The standard InChI is InChI=1S/C18H28ClN/c1-2-10-20-14-17(11-15-6-3-4-7-15)12-16-8-5-9-18(19)13-16/h5,8-9,13,15,17,20H,2-4,6-7,10-12,14H2,1H3. The summed E-state index contributed by atoms with van der Waals surface area (Å²) in [6, 6.07) is 8.38. The molecule has 0 aliphatic heterocycles. The molecule has 0 saturated heterocycles. The first kappa shape index (κ1) is 15.9. The Balaban J connectivity index is 1.89. The van der Waals surface area contributed by atoms with Crippen molar-refractivity contribution < 1.29 is 0 Å². The molecule has 1 saturated carbocycles. The molecule has 1 N–H and O–H groups in total. The summed E-state index contributed by atoms with van der Waals surface area (Å²) in [5.74, 6) is 1.71. The summed E-state index contributed by atoms with van der Waals surface area (Å²) in [6.45, 7) is 4.52. The maximum Gasteiger partial charge on any atom is 0.0408 e. The Morgan fingerprint density at radius 2 is 2.10 bits per heavy atom. The van der Waals surface area contributed by atoms with Gasteiger partial charge in [0.25, 0.3) is 0 Å². The van der Waals surface area contributed by atoms with Crippen LogP contribution in [-0.2, 0) is 6.42 Å². The normalized spacial score (nSPS) is 17.5. The van der Waals surface area contributed by atoms with Crippen molar-refractivity contribution in [2.75, 3.05) is 13.1 Å². The van der Waals surface area contributed by atoms with Gasteiger partial charge in [-0.05, 0) is 61.9 Å². The molecule has 1 aliphatic carbocycles. The summed E-state index contributed by atoms with van der Waals surface area (Å²) in [5, 5.41) is 4.48. The van der Waals surface area contributed by atoms with E-state index in [2.05, 4.69) is 30.4 Å². The van der Waals surface area contributed by atoms with Crippen LogP contribution in [0.3, 0.4) is 0 Å². The van der Waals surface area contributed by atoms with Crippen molar-refractivity contribution >= 4 is 11.6 Å². The Morgan fingerprint density at radius 3 is 2.80 bits per heavy atom. The fraction of sp³-hybridized carbons (Fsp3) is 0.667. The SMILES string of the molecule is CCCNCC(Cc1cccc(Cl)c1)CC1CCCC1. The molecule has 1 unspecified atom stereocenters. The van der Waals surface area contributed by atoms with Gasteiger partial charge in [-0.3, -0.25) is 0 Å².